The third-order valence-electron chi connectivity index (χ3n) is 3.23. The number of aryl methyl sites for hydroxylation is 1. The Morgan fingerprint density at radius 2 is 2.00 bits per heavy atom. The van der Waals surface area contributed by atoms with Crippen LogP contribution in [0.4, 0.5) is 0 Å². The van der Waals surface area contributed by atoms with Crippen molar-refractivity contribution in [2.24, 2.45) is 4.99 Å². The van der Waals surface area contributed by atoms with Crippen molar-refractivity contribution in [3.63, 3.8) is 0 Å². The van der Waals surface area contributed by atoms with Crippen LogP contribution in [-0.4, -0.2) is 16.8 Å². The Bertz CT molecular complexity index is 428. The van der Waals surface area contributed by atoms with E-state index in [1.165, 1.54) is 5.56 Å². The summed E-state index contributed by atoms with van der Waals surface area (Å²) >= 11 is 4.54. The van der Waals surface area contributed by atoms with Crippen LogP contribution in [0, 0.1) is 6.92 Å². The molecule has 0 saturated heterocycles. The Morgan fingerprint density at radius 1 is 1.28 bits per heavy atom. The number of thiocarbonyl (C=S) groups is 1. The number of benzene rings is 1. The number of rotatable bonds is 6. The van der Waals surface area contributed by atoms with Crippen molar-refractivity contribution in [3.8, 4) is 5.75 Å². The average molecular weight is 263 g/mol. The van der Waals surface area contributed by atoms with E-state index in [0.717, 1.165) is 31.4 Å². The molecule has 0 saturated carbocycles. The number of aliphatic imine (C=N–C) groups is 1. The van der Waals surface area contributed by atoms with Crippen molar-refractivity contribution < 1.29 is 5.11 Å². The first-order valence-electron chi connectivity index (χ1n) is 6.30. The van der Waals surface area contributed by atoms with E-state index in [-0.39, 0.29) is 5.41 Å². The molecule has 1 aromatic rings. The molecule has 0 unspecified atom stereocenters. The lowest BCUT2D eigenvalue weighted by molar-refractivity contribution is 0.442. The van der Waals surface area contributed by atoms with E-state index in [0.29, 0.717) is 5.75 Å². The highest BCUT2D eigenvalue weighted by Crippen LogP contribution is 2.31. The summed E-state index contributed by atoms with van der Waals surface area (Å²) in [5, 5.41) is 12.1. The van der Waals surface area contributed by atoms with Gasteiger partial charge in [-0.2, -0.15) is 0 Å². The molecule has 0 aliphatic heterocycles. The van der Waals surface area contributed by atoms with Crippen LogP contribution in [0.25, 0.3) is 0 Å². The van der Waals surface area contributed by atoms with E-state index in [2.05, 4.69) is 42.3 Å². The van der Waals surface area contributed by atoms with Crippen molar-refractivity contribution in [3.05, 3.63) is 29.3 Å². The summed E-state index contributed by atoms with van der Waals surface area (Å²) in [6.45, 7) is 7.19. The molecule has 0 aromatic heterocycles. The lowest BCUT2D eigenvalue weighted by atomic mass is 9.79. The zero-order valence-corrected chi connectivity index (χ0v) is 12.2. The number of isothiocyanates is 1. The molecule has 0 radical (unpaired) electrons. The molecule has 98 valence electrons. The summed E-state index contributed by atoms with van der Waals surface area (Å²) in [6, 6.07) is 5.80. The second-order valence-electron chi connectivity index (χ2n) is 5.37. The molecular weight excluding hydrogens is 242 g/mol. The van der Waals surface area contributed by atoms with E-state index in [1.807, 2.05) is 13.0 Å². The minimum absolute atomic E-state index is 0.0743. The van der Waals surface area contributed by atoms with Gasteiger partial charge in [-0.25, -0.2) is 4.99 Å². The minimum Gasteiger partial charge on any atom is -0.508 e. The molecule has 0 heterocycles. The van der Waals surface area contributed by atoms with Gasteiger partial charge in [-0.05, 0) is 60.7 Å². The number of aromatic hydroxyl groups is 1. The predicted molar refractivity (Wildman–Crippen MR) is 79.6 cm³/mol. The van der Waals surface area contributed by atoms with Crippen molar-refractivity contribution in [2.45, 2.75) is 45.4 Å². The molecule has 3 heteroatoms. The van der Waals surface area contributed by atoms with Crippen LogP contribution < -0.4 is 0 Å². The van der Waals surface area contributed by atoms with Gasteiger partial charge in [0, 0.05) is 6.54 Å². The van der Waals surface area contributed by atoms with Crippen LogP contribution in [0.3, 0.4) is 0 Å². The van der Waals surface area contributed by atoms with E-state index in [1.54, 1.807) is 6.07 Å². The third-order valence-corrected chi connectivity index (χ3v) is 3.36. The first-order valence-corrected chi connectivity index (χ1v) is 6.71. The summed E-state index contributed by atoms with van der Waals surface area (Å²) in [7, 11) is 0. The smallest absolute Gasteiger partial charge is 0.116 e. The molecule has 0 aliphatic carbocycles. The second kappa shape index (κ2) is 6.67. The standard InChI is InChI=1S/C15H21NOS/c1-12-8-13(10-14(17)9-12)15(2,3)6-4-5-7-16-11-18/h8-10,17H,4-7H2,1-3H3. The maximum atomic E-state index is 9.66. The molecule has 0 bridgehead atoms. The van der Waals surface area contributed by atoms with Gasteiger partial charge in [-0.3, -0.25) is 0 Å². The Kier molecular flexibility index (Phi) is 5.52. The zero-order valence-electron chi connectivity index (χ0n) is 11.4. The zero-order chi connectivity index (χ0) is 13.6. The molecule has 0 aliphatic rings. The summed E-state index contributed by atoms with van der Waals surface area (Å²) in [6.07, 6.45) is 3.20. The summed E-state index contributed by atoms with van der Waals surface area (Å²) < 4.78 is 0. The van der Waals surface area contributed by atoms with Gasteiger partial charge in [0.25, 0.3) is 0 Å². The van der Waals surface area contributed by atoms with Gasteiger partial charge in [0.1, 0.15) is 5.75 Å². The maximum Gasteiger partial charge on any atom is 0.116 e. The second-order valence-corrected chi connectivity index (χ2v) is 5.55. The normalized spacial score (nSPS) is 11.1. The van der Waals surface area contributed by atoms with Crippen LogP contribution in [0.5, 0.6) is 5.75 Å². The fraction of sp³-hybridized carbons (Fsp3) is 0.533. The summed E-state index contributed by atoms with van der Waals surface area (Å²) in [4.78, 5) is 3.92. The van der Waals surface area contributed by atoms with Gasteiger partial charge in [0.15, 0.2) is 0 Å². The molecule has 2 nitrogen and oxygen atoms in total. The summed E-state index contributed by atoms with van der Waals surface area (Å²) in [5.74, 6) is 0.350. The summed E-state index contributed by atoms with van der Waals surface area (Å²) in [5.41, 5.74) is 2.37. The molecule has 0 atom stereocenters. The van der Waals surface area contributed by atoms with Crippen molar-refractivity contribution in [1.29, 1.82) is 0 Å². The lowest BCUT2D eigenvalue weighted by Gasteiger charge is -2.26. The Morgan fingerprint density at radius 3 is 2.61 bits per heavy atom. The van der Waals surface area contributed by atoms with Crippen LogP contribution in [0.1, 0.15) is 44.2 Å². The fourth-order valence-electron chi connectivity index (χ4n) is 2.10. The molecule has 1 aromatic carbocycles. The number of hydrogen-bond acceptors (Lipinski definition) is 3. The fourth-order valence-corrected chi connectivity index (χ4v) is 2.19. The molecule has 1 N–H and O–H groups in total. The number of hydrogen-bond donors (Lipinski definition) is 1. The van der Waals surface area contributed by atoms with Gasteiger partial charge in [0.2, 0.25) is 0 Å². The van der Waals surface area contributed by atoms with Crippen LogP contribution in [0.2, 0.25) is 0 Å². The lowest BCUT2D eigenvalue weighted by Crippen LogP contribution is -2.17. The van der Waals surface area contributed by atoms with Crippen molar-refractivity contribution in [1.82, 2.24) is 0 Å². The largest absolute Gasteiger partial charge is 0.508 e. The van der Waals surface area contributed by atoms with Crippen LogP contribution in [-0.2, 0) is 5.41 Å². The molecule has 1 rings (SSSR count). The van der Waals surface area contributed by atoms with Gasteiger partial charge in [-0.1, -0.05) is 26.3 Å². The highest BCUT2D eigenvalue weighted by atomic mass is 32.1. The Balaban J connectivity index is 2.64. The quantitative estimate of drug-likeness (QED) is 0.473. The van der Waals surface area contributed by atoms with Crippen molar-refractivity contribution in [2.75, 3.05) is 6.54 Å². The van der Waals surface area contributed by atoms with E-state index < -0.39 is 0 Å². The molecule has 0 spiro atoms. The number of phenolic OH excluding ortho intramolecular Hbond substituents is 1. The van der Waals surface area contributed by atoms with E-state index in [4.69, 9.17) is 0 Å². The SMILES string of the molecule is Cc1cc(O)cc(C(C)(C)CCCCN=C=S)c1. The molecule has 0 amide bonds. The average Bonchev–Trinajstić information content (AvgIpc) is 2.27. The van der Waals surface area contributed by atoms with Crippen molar-refractivity contribution >= 4 is 17.4 Å². The highest BCUT2D eigenvalue weighted by Gasteiger charge is 2.20. The maximum absolute atomic E-state index is 9.66. The first-order chi connectivity index (χ1) is 8.45. The third kappa shape index (κ3) is 4.59. The van der Waals surface area contributed by atoms with Crippen LogP contribution in [0.15, 0.2) is 23.2 Å². The number of unbranched alkanes of at least 4 members (excludes halogenated alkanes) is 1. The minimum atomic E-state index is 0.0743. The van der Waals surface area contributed by atoms with Gasteiger partial charge >= 0.3 is 0 Å². The van der Waals surface area contributed by atoms with Gasteiger partial charge < -0.3 is 5.11 Å². The van der Waals surface area contributed by atoms with E-state index >= 15 is 0 Å². The Hall–Kier alpha value is -1.18. The topological polar surface area (TPSA) is 32.6 Å². The molecule has 0 fully saturated rings. The number of phenols is 1. The van der Waals surface area contributed by atoms with E-state index in [9.17, 15) is 5.11 Å². The monoisotopic (exact) mass is 263 g/mol. The van der Waals surface area contributed by atoms with Crippen LogP contribution >= 0.6 is 12.2 Å². The number of nitrogens with zero attached hydrogens (tertiary/aromatic N) is 1. The first kappa shape index (κ1) is 14.9. The van der Waals surface area contributed by atoms with Gasteiger partial charge in [0.05, 0.1) is 5.16 Å². The Labute approximate surface area is 115 Å². The van der Waals surface area contributed by atoms with Gasteiger partial charge in [-0.15, -0.1) is 0 Å². The molecule has 18 heavy (non-hydrogen) atoms. The predicted octanol–water partition coefficient (Wildman–Crippen LogP) is 4.25. The molecular formula is C15H21NOS. The highest BCUT2D eigenvalue weighted by molar-refractivity contribution is 7.78.